The summed E-state index contributed by atoms with van der Waals surface area (Å²) in [5.41, 5.74) is 0.566. The van der Waals surface area contributed by atoms with Gasteiger partial charge in [-0.3, -0.25) is 9.69 Å². The van der Waals surface area contributed by atoms with Gasteiger partial charge in [-0.1, -0.05) is 0 Å². The Morgan fingerprint density at radius 3 is 2.32 bits per heavy atom. The van der Waals surface area contributed by atoms with Gasteiger partial charge < -0.3 is 23.9 Å². The SMILES string of the molecule is O=C(NC1CC1)c1c(OC(F)F)cc(-c2coc3cc(OCCN4CCCC4)ccc23)cc1OC(F)F. The number of alkyl halides is 4. The number of fused-ring (bicyclic) bond motifs is 1. The Morgan fingerprint density at radius 2 is 1.70 bits per heavy atom. The summed E-state index contributed by atoms with van der Waals surface area (Å²) in [7, 11) is 0. The molecule has 2 fully saturated rings. The van der Waals surface area contributed by atoms with Crippen molar-refractivity contribution in [3.63, 3.8) is 0 Å². The highest BCUT2D eigenvalue weighted by atomic mass is 19.3. The first-order valence-electron chi connectivity index (χ1n) is 12.1. The van der Waals surface area contributed by atoms with Crippen LogP contribution in [0.3, 0.4) is 0 Å². The topological polar surface area (TPSA) is 73.2 Å². The van der Waals surface area contributed by atoms with Gasteiger partial charge in [0.15, 0.2) is 0 Å². The maximum Gasteiger partial charge on any atom is 0.387 e. The maximum atomic E-state index is 13.2. The summed E-state index contributed by atoms with van der Waals surface area (Å²) in [6.45, 7) is -3.10. The molecule has 1 aliphatic heterocycles. The molecule has 1 aliphatic carbocycles. The van der Waals surface area contributed by atoms with Crippen molar-refractivity contribution in [3.05, 3.63) is 42.2 Å². The number of hydrogen-bond acceptors (Lipinski definition) is 6. The van der Waals surface area contributed by atoms with Crippen LogP contribution in [0.1, 0.15) is 36.0 Å². The average Bonchev–Trinajstić information content (AvgIpc) is 3.32. The molecule has 1 saturated carbocycles. The van der Waals surface area contributed by atoms with Crippen molar-refractivity contribution in [2.75, 3.05) is 26.2 Å². The van der Waals surface area contributed by atoms with Crippen LogP contribution < -0.4 is 19.5 Å². The third-order valence-corrected chi connectivity index (χ3v) is 6.37. The Morgan fingerprint density at radius 1 is 1.03 bits per heavy atom. The molecule has 1 saturated heterocycles. The predicted molar refractivity (Wildman–Crippen MR) is 127 cm³/mol. The molecule has 1 aromatic heterocycles. The smallest absolute Gasteiger partial charge is 0.387 e. The summed E-state index contributed by atoms with van der Waals surface area (Å²) < 4.78 is 73.6. The summed E-state index contributed by atoms with van der Waals surface area (Å²) >= 11 is 0. The molecule has 11 heteroatoms. The van der Waals surface area contributed by atoms with Gasteiger partial charge in [-0.15, -0.1) is 0 Å². The Bertz CT molecular complexity index is 1220. The molecule has 198 valence electrons. The molecule has 0 unspecified atom stereocenters. The number of ether oxygens (including phenoxy) is 3. The second-order valence-corrected chi connectivity index (χ2v) is 9.06. The minimum Gasteiger partial charge on any atom is -0.492 e. The fourth-order valence-electron chi connectivity index (χ4n) is 4.45. The van der Waals surface area contributed by atoms with Crippen molar-refractivity contribution in [2.24, 2.45) is 0 Å². The Kier molecular flexibility index (Phi) is 7.40. The Balaban J connectivity index is 1.45. The van der Waals surface area contributed by atoms with E-state index in [1.807, 2.05) is 0 Å². The number of nitrogens with one attached hydrogen (secondary N) is 1. The molecule has 1 amide bonds. The van der Waals surface area contributed by atoms with Crippen molar-refractivity contribution in [1.82, 2.24) is 10.2 Å². The minimum absolute atomic E-state index is 0.143. The first-order chi connectivity index (χ1) is 17.9. The lowest BCUT2D eigenvalue weighted by molar-refractivity contribution is -0.0548. The number of benzene rings is 2. The standard InChI is InChI=1S/C26H26F4N2O5/c27-25(28)36-21-11-15(12-22(37-26(29)30)23(21)24(33)31-16-3-4-16)19-14-35-20-13-17(5-6-18(19)20)34-10-9-32-7-1-2-8-32/h5-6,11-14,16,25-26H,1-4,7-10H2,(H,31,33). The summed E-state index contributed by atoms with van der Waals surface area (Å²) in [5, 5.41) is 3.19. The Labute approximate surface area is 210 Å². The molecule has 0 atom stereocenters. The number of nitrogens with zero attached hydrogens (tertiary/aromatic N) is 1. The van der Waals surface area contributed by atoms with Crippen LogP contribution >= 0.6 is 0 Å². The monoisotopic (exact) mass is 522 g/mol. The summed E-state index contributed by atoms with van der Waals surface area (Å²) in [4.78, 5) is 15.1. The minimum atomic E-state index is -3.29. The second kappa shape index (κ2) is 10.9. The van der Waals surface area contributed by atoms with Crippen molar-refractivity contribution in [3.8, 4) is 28.4 Å². The molecule has 5 rings (SSSR count). The van der Waals surface area contributed by atoms with Crippen molar-refractivity contribution in [1.29, 1.82) is 0 Å². The van der Waals surface area contributed by atoms with E-state index in [1.165, 1.54) is 31.2 Å². The van der Waals surface area contributed by atoms with Gasteiger partial charge in [0.1, 0.15) is 35.0 Å². The molecule has 0 bridgehead atoms. The average molecular weight is 522 g/mol. The first kappa shape index (κ1) is 25.2. The molecule has 0 radical (unpaired) electrons. The molecule has 1 N–H and O–H groups in total. The summed E-state index contributed by atoms with van der Waals surface area (Å²) in [6.07, 6.45) is 5.19. The summed E-state index contributed by atoms with van der Waals surface area (Å²) in [5.74, 6) is -1.37. The van der Waals surface area contributed by atoms with Crippen LogP contribution in [-0.4, -0.2) is 56.3 Å². The highest BCUT2D eigenvalue weighted by Crippen LogP contribution is 2.40. The largest absolute Gasteiger partial charge is 0.492 e. The molecular weight excluding hydrogens is 496 g/mol. The molecule has 7 nitrogen and oxygen atoms in total. The van der Waals surface area contributed by atoms with E-state index < -0.39 is 36.2 Å². The van der Waals surface area contributed by atoms with Crippen LogP contribution in [0.25, 0.3) is 22.1 Å². The normalized spacial score (nSPS) is 16.1. The zero-order chi connectivity index (χ0) is 25.9. The number of carbonyl (C=O) groups is 1. The van der Waals surface area contributed by atoms with E-state index in [0.717, 1.165) is 19.6 Å². The van der Waals surface area contributed by atoms with E-state index in [4.69, 9.17) is 9.15 Å². The van der Waals surface area contributed by atoms with Crippen LogP contribution in [0, 0.1) is 0 Å². The first-order valence-corrected chi connectivity index (χ1v) is 12.1. The number of rotatable bonds is 11. The maximum absolute atomic E-state index is 13.2. The van der Waals surface area contributed by atoms with Gasteiger partial charge in [-0.25, -0.2) is 0 Å². The van der Waals surface area contributed by atoms with Gasteiger partial charge in [0.25, 0.3) is 5.91 Å². The van der Waals surface area contributed by atoms with Crippen LogP contribution in [0.4, 0.5) is 17.6 Å². The zero-order valence-corrected chi connectivity index (χ0v) is 19.9. The van der Waals surface area contributed by atoms with Crippen LogP contribution in [0.5, 0.6) is 17.2 Å². The van der Waals surface area contributed by atoms with E-state index in [2.05, 4.69) is 19.7 Å². The van der Waals surface area contributed by atoms with Gasteiger partial charge in [0.05, 0.1) is 6.26 Å². The van der Waals surface area contributed by atoms with Crippen LogP contribution in [0.15, 0.2) is 41.0 Å². The highest BCUT2D eigenvalue weighted by molar-refractivity contribution is 6.02. The highest BCUT2D eigenvalue weighted by Gasteiger charge is 2.30. The fourth-order valence-corrected chi connectivity index (χ4v) is 4.45. The third kappa shape index (κ3) is 6.10. The number of carbonyl (C=O) groups excluding carboxylic acids is 1. The lowest BCUT2D eigenvalue weighted by atomic mass is 10.0. The predicted octanol–water partition coefficient (Wildman–Crippen LogP) is 5.67. The molecule has 3 aromatic rings. The van der Waals surface area contributed by atoms with E-state index in [-0.39, 0.29) is 11.6 Å². The summed E-state index contributed by atoms with van der Waals surface area (Å²) in [6, 6.07) is 7.42. The fraction of sp³-hybridized carbons (Fsp3) is 0.423. The molecule has 0 spiro atoms. The van der Waals surface area contributed by atoms with Crippen molar-refractivity contribution in [2.45, 2.75) is 44.9 Å². The van der Waals surface area contributed by atoms with E-state index in [0.29, 0.717) is 41.7 Å². The van der Waals surface area contributed by atoms with E-state index >= 15 is 0 Å². The Hall–Kier alpha value is -3.47. The van der Waals surface area contributed by atoms with Crippen molar-refractivity contribution < 1.29 is 41.0 Å². The van der Waals surface area contributed by atoms with Gasteiger partial charge >= 0.3 is 13.2 Å². The zero-order valence-electron chi connectivity index (χ0n) is 19.9. The molecule has 2 aliphatic rings. The van der Waals surface area contributed by atoms with Gasteiger partial charge in [0.2, 0.25) is 0 Å². The molecule has 2 aromatic carbocycles. The molecule has 37 heavy (non-hydrogen) atoms. The number of furan rings is 1. The lowest BCUT2D eigenvalue weighted by Crippen LogP contribution is -2.27. The van der Waals surface area contributed by atoms with E-state index in [1.54, 1.807) is 18.2 Å². The van der Waals surface area contributed by atoms with E-state index in [9.17, 15) is 22.4 Å². The lowest BCUT2D eigenvalue weighted by Gasteiger charge is -2.17. The quantitative estimate of drug-likeness (QED) is 0.327. The third-order valence-electron chi connectivity index (χ3n) is 6.37. The number of hydrogen-bond donors (Lipinski definition) is 1. The van der Waals surface area contributed by atoms with Gasteiger partial charge in [-0.2, -0.15) is 17.6 Å². The van der Waals surface area contributed by atoms with Gasteiger partial charge in [-0.05, 0) is 68.6 Å². The van der Waals surface area contributed by atoms with Crippen LogP contribution in [0.2, 0.25) is 0 Å². The van der Waals surface area contributed by atoms with Gasteiger partial charge in [0, 0.05) is 29.6 Å². The number of amides is 1. The molecule has 2 heterocycles. The van der Waals surface area contributed by atoms with Crippen molar-refractivity contribution >= 4 is 16.9 Å². The molecular formula is C26H26F4N2O5. The number of halogens is 4. The second-order valence-electron chi connectivity index (χ2n) is 9.06. The number of likely N-dealkylation sites (tertiary alicyclic amines) is 1. The van der Waals surface area contributed by atoms with Crippen LogP contribution in [-0.2, 0) is 0 Å².